The fourth-order valence-electron chi connectivity index (χ4n) is 5.15. The topological polar surface area (TPSA) is 119 Å². The van der Waals surface area contributed by atoms with Gasteiger partial charge in [0.15, 0.2) is 0 Å². The predicted octanol–water partition coefficient (Wildman–Crippen LogP) is 5.13. The van der Waals surface area contributed by atoms with Crippen LogP contribution in [-0.4, -0.2) is 59.9 Å². The van der Waals surface area contributed by atoms with E-state index in [4.69, 9.17) is 0 Å². The number of carboxylic acids is 1. The maximum Gasteiger partial charge on any atom is 0.305 e. The molecule has 3 N–H and O–H groups in total. The molecule has 4 aromatic carbocycles. The van der Waals surface area contributed by atoms with Crippen molar-refractivity contribution in [3.63, 3.8) is 0 Å². The van der Waals surface area contributed by atoms with E-state index in [0.717, 1.165) is 6.07 Å². The van der Waals surface area contributed by atoms with E-state index in [0.29, 0.717) is 43.0 Å². The van der Waals surface area contributed by atoms with Crippen molar-refractivity contribution in [2.45, 2.75) is 12.5 Å². The number of carbonyl (C=O) groups is 4. The van der Waals surface area contributed by atoms with Crippen LogP contribution in [0.25, 0.3) is 0 Å². The Labute approximate surface area is 258 Å². The van der Waals surface area contributed by atoms with Crippen LogP contribution >= 0.6 is 0 Å². The lowest BCUT2D eigenvalue weighted by molar-refractivity contribution is -0.137. The molecule has 0 aromatic heterocycles. The number of anilines is 2. The predicted molar refractivity (Wildman–Crippen MR) is 164 cm³/mol. The highest BCUT2D eigenvalue weighted by atomic mass is 19.1. The maximum absolute atomic E-state index is 13.9. The molecular formula is C34H30F2N4O5. The minimum atomic E-state index is -1.16. The first-order chi connectivity index (χ1) is 21.7. The number of hydrogen-bond acceptors (Lipinski definition) is 5. The number of halogens is 2. The molecule has 1 unspecified atom stereocenters. The molecule has 4 aromatic rings. The largest absolute Gasteiger partial charge is 0.481 e. The summed E-state index contributed by atoms with van der Waals surface area (Å²) in [6, 6.07) is 23.0. The summed E-state index contributed by atoms with van der Waals surface area (Å²) < 4.78 is 27.4. The van der Waals surface area contributed by atoms with Gasteiger partial charge in [0.05, 0.1) is 23.8 Å². The Morgan fingerprint density at radius 2 is 1.38 bits per heavy atom. The van der Waals surface area contributed by atoms with Crippen molar-refractivity contribution < 1.29 is 33.1 Å². The number of carboxylic acid groups (broad SMARTS) is 1. The van der Waals surface area contributed by atoms with Crippen molar-refractivity contribution in [1.82, 2.24) is 10.2 Å². The second-order valence-electron chi connectivity index (χ2n) is 10.5. The van der Waals surface area contributed by atoms with Crippen molar-refractivity contribution in [1.29, 1.82) is 0 Å². The first-order valence-electron chi connectivity index (χ1n) is 14.3. The second-order valence-corrected chi connectivity index (χ2v) is 10.5. The van der Waals surface area contributed by atoms with E-state index < -0.39 is 41.9 Å². The van der Waals surface area contributed by atoms with Crippen LogP contribution in [0.4, 0.5) is 20.2 Å². The quantitative estimate of drug-likeness (QED) is 0.241. The van der Waals surface area contributed by atoms with Crippen molar-refractivity contribution >= 4 is 35.1 Å². The van der Waals surface area contributed by atoms with E-state index >= 15 is 0 Å². The van der Waals surface area contributed by atoms with Crippen LogP contribution in [0.3, 0.4) is 0 Å². The van der Waals surface area contributed by atoms with E-state index in [1.807, 2.05) is 11.0 Å². The highest BCUT2D eigenvalue weighted by Crippen LogP contribution is 2.30. The molecule has 0 radical (unpaired) electrons. The van der Waals surface area contributed by atoms with Crippen molar-refractivity contribution in [3.05, 3.63) is 131 Å². The van der Waals surface area contributed by atoms with Crippen LogP contribution in [0.15, 0.2) is 97.1 Å². The molecule has 9 nitrogen and oxygen atoms in total. The van der Waals surface area contributed by atoms with Crippen molar-refractivity contribution in [2.75, 3.05) is 36.4 Å². The molecule has 0 bridgehead atoms. The third kappa shape index (κ3) is 7.69. The summed E-state index contributed by atoms with van der Waals surface area (Å²) in [6.45, 7) is 1.72. The minimum absolute atomic E-state index is 0.0758. The molecule has 1 saturated heterocycles. The summed E-state index contributed by atoms with van der Waals surface area (Å²) in [6.07, 6.45) is -0.440. The van der Waals surface area contributed by atoms with Gasteiger partial charge in [0, 0.05) is 42.9 Å². The van der Waals surface area contributed by atoms with E-state index in [1.54, 1.807) is 41.3 Å². The van der Waals surface area contributed by atoms with Gasteiger partial charge in [-0.2, -0.15) is 0 Å². The normalized spacial score (nSPS) is 13.6. The average Bonchev–Trinajstić information content (AvgIpc) is 3.04. The Morgan fingerprint density at radius 3 is 2.04 bits per heavy atom. The number of amides is 3. The zero-order valence-corrected chi connectivity index (χ0v) is 24.1. The lowest BCUT2D eigenvalue weighted by Crippen LogP contribution is -2.49. The summed E-state index contributed by atoms with van der Waals surface area (Å²) in [5.41, 5.74) is 2.06. The average molecular weight is 613 g/mol. The number of benzene rings is 4. The third-order valence-electron chi connectivity index (χ3n) is 7.48. The van der Waals surface area contributed by atoms with Gasteiger partial charge in [0.1, 0.15) is 11.6 Å². The highest BCUT2D eigenvalue weighted by Gasteiger charge is 2.26. The van der Waals surface area contributed by atoms with Gasteiger partial charge in [0.25, 0.3) is 17.7 Å². The van der Waals surface area contributed by atoms with Crippen LogP contribution in [0.1, 0.15) is 49.1 Å². The van der Waals surface area contributed by atoms with Gasteiger partial charge < -0.3 is 25.5 Å². The third-order valence-corrected chi connectivity index (χ3v) is 7.48. The van der Waals surface area contributed by atoms with Gasteiger partial charge >= 0.3 is 5.97 Å². The minimum Gasteiger partial charge on any atom is -0.481 e. The van der Waals surface area contributed by atoms with E-state index in [9.17, 15) is 33.1 Å². The van der Waals surface area contributed by atoms with Crippen LogP contribution in [0.5, 0.6) is 0 Å². The van der Waals surface area contributed by atoms with E-state index in [2.05, 4.69) is 10.6 Å². The molecule has 1 fully saturated rings. The number of aliphatic carboxylic acids is 1. The molecule has 5 rings (SSSR count). The molecule has 11 heteroatoms. The van der Waals surface area contributed by atoms with Crippen LogP contribution in [0.2, 0.25) is 0 Å². The summed E-state index contributed by atoms with van der Waals surface area (Å²) in [7, 11) is 0. The van der Waals surface area contributed by atoms with Gasteiger partial charge in [-0.3, -0.25) is 19.2 Å². The number of nitrogens with zero attached hydrogens (tertiary/aromatic N) is 2. The fraction of sp³-hybridized carbons (Fsp3) is 0.176. The van der Waals surface area contributed by atoms with E-state index in [1.165, 1.54) is 48.5 Å². The van der Waals surface area contributed by atoms with E-state index in [-0.39, 0.29) is 22.7 Å². The summed E-state index contributed by atoms with van der Waals surface area (Å²) in [5.74, 6) is -3.54. The van der Waals surface area contributed by atoms with Crippen LogP contribution in [0, 0.1) is 11.6 Å². The SMILES string of the molecule is O=C(O)CC(NC(=O)c1ccc(N2CCN(C(=O)c3ccccc3)CC2)c(NC(=O)c2cccc(F)c2)c1)c1ccc(F)cc1. The fourth-order valence-corrected chi connectivity index (χ4v) is 5.15. The Balaban J connectivity index is 1.39. The highest BCUT2D eigenvalue weighted by molar-refractivity contribution is 6.07. The number of nitrogens with one attached hydrogen (secondary N) is 2. The molecule has 1 aliphatic rings. The molecule has 230 valence electrons. The first kappa shape index (κ1) is 30.9. The summed E-state index contributed by atoms with van der Waals surface area (Å²) in [5, 5.41) is 14.9. The molecule has 45 heavy (non-hydrogen) atoms. The lowest BCUT2D eigenvalue weighted by Gasteiger charge is -2.37. The molecular weight excluding hydrogens is 582 g/mol. The number of carbonyl (C=O) groups excluding carboxylic acids is 3. The number of rotatable bonds is 9. The zero-order valence-electron chi connectivity index (χ0n) is 24.1. The molecule has 0 spiro atoms. The van der Waals surface area contributed by atoms with Gasteiger partial charge in [-0.05, 0) is 66.2 Å². The second kappa shape index (κ2) is 13.8. The molecule has 0 aliphatic carbocycles. The van der Waals surface area contributed by atoms with Gasteiger partial charge in [-0.1, -0.05) is 36.4 Å². The molecule has 3 amide bonds. The number of piperazine rings is 1. The van der Waals surface area contributed by atoms with Crippen molar-refractivity contribution in [3.8, 4) is 0 Å². The Bertz CT molecular complexity index is 1710. The number of hydrogen-bond donors (Lipinski definition) is 3. The summed E-state index contributed by atoms with van der Waals surface area (Å²) >= 11 is 0. The Kier molecular flexibility index (Phi) is 9.47. The van der Waals surface area contributed by atoms with Gasteiger partial charge in [0.2, 0.25) is 0 Å². The molecule has 1 heterocycles. The molecule has 1 atom stereocenters. The van der Waals surface area contributed by atoms with Gasteiger partial charge in [-0.25, -0.2) is 8.78 Å². The first-order valence-corrected chi connectivity index (χ1v) is 14.3. The van der Waals surface area contributed by atoms with Crippen molar-refractivity contribution in [2.24, 2.45) is 0 Å². The monoisotopic (exact) mass is 612 g/mol. The lowest BCUT2D eigenvalue weighted by atomic mass is 10.0. The maximum atomic E-state index is 13.9. The zero-order chi connectivity index (χ0) is 31.9. The van der Waals surface area contributed by atoms with Gasteiger partial charge in [-0.15, -0.1) is 0 Å². The molecule has 0 saturated carbocycles. The smallest absolute Gasteiger partial charge is 0.305 e. The standard InChI is InChI=1S/C34H30F2N4O5/c35-26-12-9-22(10-13-26)28(21-31(41)42)37-33(44)25-11-14-30(29(20-25)38-32(43)24-7-4-8-27(36)19-24)39-15-17-40(18-16-39)34(45)23-5-2-1-3-6-23/h1-14,19-20,28H,15-18,21H2,(H,37,44)(H,38,43)(H,41,42). The Morgan fingerprint density at radius 1 is 0.711 bits per heavy atom. The van der Waals surface area contributed by atoms with Crippen LogP contribution < -0.4 is 15.5 Å². The Hall–Kier alpha value is -5.58. The van der Waals surface area contributed by atoms with Crippen LogP contribution in [-0.2, 0) is 4.79 Å². The molecule has 1 aliphatic heterocycles. The summed E-state index contributed by atoms with van der Waals surface area (Å²) in [4.78, 5) is 54.7.